The third kappa shape index (κ3) is 3.98. The van der Waals surface area contributed by atoms with Gasteiger partial charge in [-0.3, -0.25) is 0 Å². The molecule has 1 aromatic rings. The minimum absolute atomic E-state index is 0.0684. The van der Waals surface area contributed by atoms with Crippen LogP contribution in [0.1, 0.15) is 24.5 Å². The van der Waals surface area contributed by atoms with Gasteiger partial charge in [-0.15, -0.1) is 0 Å². The Balaban J connectivity index is 2.60. The summed E-state index contributed by atoms with van der Waals surface area (Å²) in [7, 11) is 0. The lowest BCUT2D eigenvalue weighted by Crippen LogP contribution is -2.15. The van der Waals surface area contributed by atoms with Crippen LogP contribution in [-0.2, 0) is 9.53 Å². The molecule has 0 aliphatic carbocycles. The zero-order valence-corrected chi connectivity index (χ0v) is 10.4. The van der Waals surface area contributed by atoms with Gasteiger partial charge in [0.05, 0.1) is 6.61 Å². The summed E-state index contributed by atoms with van der Waals surface area (Å²) in [5.74, 6) is -0.0414. The Morgan fingerprint density at radius 1 is 1.35 bits per heavy atom. The van der Waals surface area contributed by atoms with E-state index in [9.17, 15) is 9.90 Å². The SMILES string of the molecule is CCCOC(=O)COc1cc(C)cc(C)c1O. The largest absolute Gasteiger partial charge is 0.504 e. The van der Waals surface area contributed by atoms with Crippen LogP contribution < -0.4 is 4.74 Å². The van der Waals surface area contributed by atoms with Crippen LogP contribution in [0.15, 0.2) is 12.1 Å². The molecule has 4 heteroatoms. The molecule has 0 fully saturated rings. The third-order valence-electron chi connectivity index (χ3n) is 2.22. The standard InChI is InChI=1S/C13H18O4/c1-4-5-16-12(14)8-17-11-7-9(2)6-10(3)13(11)15/h6-7,15H,4-5,8H2,1-3H3. The maximum Gasteiger partial charge on any atom is 0.344 e. The van der Waals surface area contributed by atoms with Crippen LogP contribution in [0.2, 0.25) is 0 Å². The van der Waals surface area contributed by atoms with E-state index in [1.807, 2.05) is 19.9 Å². The maximum atomic E-state index is 11.2. The van der Waals surface area contributed by atoms with Crippen LogP contribution in [0.3, 0.4) is 0 Å². The molecule has 4 nitrogen and oxygen atoms in total. The minimum atomic E-state index is -0.426. The number of carbonyl (C=O) groups excluding carboxylic acids is 1. The number of ether oxygens (including phenoxy) is 2. The van der Waals surface area contributed by atoms with Gasteiger partial charge in [0, 0.05) is 0 Å². The maximum absolute atomic E-state index is 11.2. The lowest BCUT2D eigenvalue weighted by molar-refractivity contribution is -0.146. The van der Waals surface area contributed by atoms with Crippen molar-refractivity contribution >= 4 is 5.97 Å². The van der Waals surface area contributed by atoms with Crippen LogP contribution in [-0.4, -0.2) is 24.3 Å². The Morgan fingerprint density at radius 2 is 2.06 bits per heavy atom. The monoisotopic (exact) mass is 238 g/mol. The fourth-order valence-corrected chi connectivity index (χ4v) is 1.43. The van der Waals surface area contributed by atoms with E-state index in [1.165, 1.54) is 0 Å². The highest BCUT2D eigenvalue weighted by molar-refractivity contribution is 5.71. The summed E-state index contributed by atoms with van der Waals surface area (Å²) < 4.78 is 10.1. The minimum Gasteiger partial charge on any atom is -0.504 e. The zero-order valence-electron chi connectivity index (χ0n) is 10.4. The lowest BCUT2D eigenvalue weighted by Gasteiger charge is -2.10. The summed E-state index contributed by atoms with van der Waals surface area (Å²) in [6, 6.07) is 3.53. The molecule has 0 bridgehead atoms. The number of aryl methyl sites for hydroxylation is 2. The molecule has 0 spiro atoms. The van der Waals surface area contributed by atoms with Crippen molar-refractivity contribution in [3.63, 3.8) is 0 Å². The Morgan fingerprint density at radius 3 is 2.71 bits per heavy atom. The molecule has 0 amide bonds. The van der Waals surface area contributed by atoms with Gasteiger partial charge >= 0.3 is 5.97 Å². The summed E-state index contributed by atoms with van der Waals surface area (Å²) in [6.45, 7) is 5.81. The van der Waals surface area contributed by atoms with Crippen LogP contribution in [0.5, 0.6) is 11.5 Å². The molecule has 0 aromatic heterocycles. The van der Waals surface area contributed by atoms with Crippen molar-refractivity contribution in [1.29, 1.82) is 0 Å². The average molecular weight is 238 g/mol. The van der Waals surface area contributed by atoms with Crippen molar-refractivity contribution in [1.82, 2.24) is 0 Å². The molecule has 0 aliphatic rings. The van der Waals surface area contributed by atoms with Gasteiger partial charge in [0.1, 0.15) is 0 Å². The first-order valence-electron chi connectivity index (χ1n) is 5.63. The first kappa shape index (κ1) is 13.4. The van der Waals surface area contributed by atoms with Crippen LogP contribution in [0.4, 0.5) is 0 Å². The van der Waals surface area contributed by atoms with E-state index in [0.717, 1.165) is 17.5 Å². The summed E-state index contributed by atoms with van der Waals surface area (Å²) in [5, 5.41) is 9.73. The van der Waals surface area contributed by atoms with Gasteiger partial charge < -0.3 is 14.6 Å². The van der Waals surface area contributed by atoms with Crippen molar-refractivity contribution in [2.75, 3.05) is 13.2 Å². The predicted molar refractivity (Wildman–Crippen MR) is 64.3 cm³/mol. The predicted octanol–water partition coefficient (Wildman–Crippen LogP) is 2.34. The zero-order chi connectivity index (χ0) is 12.8. The van der Waals surface area contributed by atoms with Crippen LogP contribution in [0.25, 0.3) is 0 Å². The number of esters is 1. The molecule has 17 heavy (non-hydrogen) atoms. The highest BCUT2D eigenvalue weighted by Gasteiger charge is 2.09. The van der Waals surface area contributed by atoms with Crippen LogP contribution in [0, 0.1) is 13.8 Å². The van der Waals surface area contributed by atoms with Crippen molar-refractivity contribution in [2.24, 2.45) is 0 Å². The highest BCUT2D eigenvalue weighted by Crippen LogP contribution is 2.30. The van der Waals surface area contributed by atoms with E-state index in [4.69, 9.17) is 9.47 Å². The van der Waals surface area contributed by atoms with E-state index in [1.54, 1.807) is 13.0 Å². The molecule has 0 heterocycles. The Labute approximate surface area is 101 Å². The van der Waals surface area contributed by atoms with E-state index in [-0.39, 0.29) is 12.4 Å². The molecule has 0 saturated heterocycles. The van der Waals surface area contributed by atoms with Crippen molar-refractivity contribution < 1.29 is 19.4 Å². The number of phenolic OH excluding ortho intramolecular Hbond substituents is 1. The number of hydrogen-bond donors (Lipinski definition) is 1. The van der Waals surface area contributed by atoms with Crippen molar-refractivity contribution in [2.45, 2.75) is 27.2 Å². The first-order valence-corrected chi connectivity index (χ1v) is 5.63. The summed E-state index contributed by atoms with van der Waals surface area (Å²) >= 11 is 0. The second-order valence-electron chi connectivity index (χ2n) is 3.94. The van der Waals surface area contributed by atoms with E-state index >= 15 is 0 Å². The molecule has 0 radical (unpaired) electrons. The lowest BCUT2D eigenvalue weighted by atomic mass is 10.1. The van der Waals surface area contributed by atoms with Gasteiger partial charge in [-0.1, -0.05) is 13.0 Å². The number of benzene rings is 1. The Hall–Kier alpha value is -1.71. The second kappa shape index (κ2) is 6.13. The molecular formula is C13H18O4. The van der Waals surface area contributed by atoms with Gasteiger partial charge in [-0.25, -0.2) is 4.79 Å². The number of carbonyl (C=O) groups is 1. The first-order chi connectivity index (χ1) is 8.04. The summed E-state index contributed by atoms with van der Waals surface area (Å²) in [4.78, 5) is 11.2. The molecule has 1 aromatic carbocycles. The number of aromatic hydroxyl groups is 1. The quantitative estimate of drug-likeness (QED) is 0.800. The van der Waals surface area contributed by atoms with E-state index < -0.39 is 5.97 Å². The smallest absolute Gasteiger partial charge is 0.344 e. The van der Waals surface area contributed by atoms with E-state index in [2.05, 4.69) is 0 Å². The fourth-order valence-electron chi connectivity index (χ4n) is 1.43. The summed E-state index contributed by atoms with van der Waals surface area (Å²) in [5.41, 5.74) is 1.69. The number of hydrogen-bond acceptors (Lipinski definition) is 4. The van der Waals surface area contributed by atoms with Gasteiger partial charge in [-0.05, 0) is 37.5 Å². The fraction of sp³-hybridized carbons (Fsp3) is 0.462. The molecule has 1 N–H and O–H groups in total. The van der Waals surface area contributed by atoms with Gasteiger partial charge in [-0.2, -0.15) is 0 Å². The molecular weight excluding hydrogens is 220 g/mol. The van der Waals surface area contributed by atoms with Crippen LogP contribution >= 0.6 is 0 Å². The number of phenols is 1. The Bertz CT molecular complexity index is 399. The van der Waals surface area contributed by atoms with E-state index in [0.29, 0.717) is 12.4 Å². The Kier molecular flexibility index (Phi) is 4.82. The number of rotatable bonds is 5. The molecule has 0 unspecified atom stereocenters. The van der Waals surface area contributed by atoms with Crippen molar-refractivity contribution in [3.05, 3.63) is 23.3 Å². The third-order valence-corrected chi connectivity index (χ3v) is 2.22. The molecule has 0 saturated carbocycles. The van der Waals surface area contributed by atoms with Crippen molar-refractivity contribution in [3.8, 4) is 11.5 Å². The molecule has 0 aliphatic heterocycles. The molecule has 1 rings (SSSR count). The molecule has 94 valence electrons. The normalized spacial score (nSPS) is 10.1. The van der Waals surface area contributed by atoms with Gasteiger partial charge in [0.25, 0.3) is 0 Å². The summed E-state index contributed by atoms with van der Waals surface area (Å²) in [6.07, 6.45) is 0.778. The molecule has 0 atom stereocenters. The second-order valence-corrected chi connectivity index (χ2v) is 3.94. The van der Waals surface area contributed by atoms with Gasteiger partial charge in [0.15, 0.2) is 18.1 Å². The van der Waals surface area contributed by atoms with Gasteiger partial charge in [0.2, 0.25) is 0 Å². The topological polar surface area (TPSA) is 55.8 Å². The average Bonchev–Trinajstić information content (AvgIpc) is 2.29. The highest BCUT2D eigenvalue weighted by atomic mass is 16.6.